The number of nitrogen functional groups attached to an aromatic ring is 1. The molecule has 0 aliphatic heterocycles. The van der Waals surface area contributed by atoms with Crippen LogP contribution >= 0.6 is 0 Å². The van der Waals surface area contributed by atoms with Crippen molar-refractivity contribution in [1.29, 1.82) is 0 Å². The molecule has 2 aromatic heterocycles. The molecule has 1 fully saturated rings. The maximum atomic E-state index is 12.9. The van der Waals surface area contributed by atoms with Gasteiger partial charge in [0, 0.05) is 11.7 Å². The predicted octanol–water partition coefficient (Wildman–Crippen LogP) is 2.03. The number of hydrogen-bond acceptors (Lipinski definition) is 5. The average Bonchev–Trinajstić information content (AvgIpc) is 2.56. The number of aromatic nitrogens is 4. The molecule has 2 heterocycles. The topological polar surface area (TPSA) is 107 Å². The number of H-pyrrole nitrogens is 1. The molecule has 7 nitrogen and oxygen atoms in total. The van der Waals surface area contributed by atoms with Crippen LogP contribution in [0.25, 0.3) is 22.2 Å². The lowest BCUT2D eigenvalue weighted by Crippen LogP contribution is -2.39. The Morgan fingerprint density at radius 2 is 1.83 bits per heavy atom. The van der Waals surface area contributed by atoms with E-state index in [1.807, 2.05) is 13.0 Å². The number of aromatic amines is 1. The van der Waals surface area contributed by atoms with E-state index < -0.39 is 5.69 Å². The van der Waals surface area contributed by atoms with E-state index in [2.05, 4.69) is 15.0 Å². The quantitative estimate of drug-likeness (QED) is 0.526. The fourth-order valence-electron chi connectivity index (χ4n) is 3.50. The summed E-state index contributed by atoms with van der Waals surface area (Å²) in [4.78, 5) is 36.8. The van der Waals surface area contributed by atoms with Gasteiger partial charge in [-0.1, -0.05) is 19.3 Å². The van der Waals surface area contributed by atoms with Crippen LogP contribution in [-0.4, -0.2) is 19.5 Å². The van der Waals surface area contributed by atoms with E-state index in [0.717, 1.165) is 37.7 Å². The van der Waals surface area contributed by atoms with Gasteiger partial charge in [0.2, 0.25) is 0 Å². The van der Waals surface area contributed by atoms with Crippen LogP contribution in [0, 0.1) is 6.92 Å². The molecule has 4 rings (SSSR count). The van der Waals surface area contributed by atoms with Crippen LogP contribution in [0.15, 0.2) is 21.7 Å². The smallest absolute Gasteiger partial charge is 0.330 e. The summed E-state index contributed by atoms with van der Waals surface area (Å²) in [6.07, 6.45) is 4.94. The van der Waals surface area contributed by atoms with E-state index in [0.29, 0.717) is 16.7 Å². The van der Waals surface area contributed by atoms with E-state index >= 15 is 0 Å². The second-order valence-electron chi connectivity index (χ2n) is 6.52. The molecule has 0 amide bonds. The highest BCUT2D eigenvalue weighted by molar-refractivity contribution is 5.86. The van der Waals surface area contributed by atoms with Gasteiger partial charge in [-0.15, -0.1) is 0 Å². The molecule has 1 aliphatic rings. The fraction of sp³-hybridized carbons (Fsp3) is 0.412. The number of nitrogens with zero attached hydrogens (tertiary/aromatic N) is 3. The molecule has 0 spiro atoms. The van der Waals surface area contributed by atoms with Crippen LogP contribution in [0.1, 0.15) is 43.7 Å². The largest absolute Gasteiger partial charge is 0.398 e. The average molecular weight is 325 g/mol. The van der Waals surface area contributed by atoms with Crippen molar-refractivity contribution in [2.45, 2.75) is 45.1 Å². The summed E-state index contributed by atoms with van der Waals surface area (Å²) >= 11 is 0. The van der Waals surface area contributed by atoms with Crippen molar-refractivity contribution in [3.05, 3.63) is 38.5 Å². The summed E-state index contributed by atoms with van der Waals surface area (Å²) < 4.78 is 1.33. The van der Waals surface area contributed by atoms with Gasteiger partial charge in [0.15, 0.2) is 11.2 Å². The number of rotatable bonds is 1. The summed E-state index contributed by atoms with van der Waals surface area (Å²) in [7, 11) is 0. The molecule has 0 bridgehead atoms. The number of aryl methyl sites for hydroxylation is 1. The first-order valence-electron chi connectivity index (χ1n) is 8.27. The van der Waals surface area contributed by atoms with Crippen LogP contribution in [0.4, 0.5) is 5.69 Å². The van der Waals surface area contributed by atoms with E-state index in [9.17, 15) is 9.59 Å². The number of nitrogens with one attached hydrogen (secondary N) is 1. The maximum absolute atomic E-state index is 12.9. The molecule has 1 saturated carbocycles. The monoisotopic (exact) mass is 325 g/mol. The molecule has 124 valence electrons. The Hall–Kier alpha value is -2.70. The molecule has 3 N–H and O–H groups in total. The Morgan fingerprint density at radius 3 is 2.58 bits per heavy atom. The standard InChI is InChI=1S/C17H19N5O2/c1-9-7-12-13(8-11(9)18)20-15-14(19-12)16(23)22(17(24)21-15)10-5-3-2-4-6-10/h7-8,10H,2-6,18H2,1H3,(H,20,21,24). The minimum Gasteiger partial charge on any atom is -0.398 e. The third-order valence-corrected chi connectivity index (χ3v) is 4.86. The minimum absolute atomic E-state index is 0.0509. The maximum Gasteiger partial charge on any atom is 0.330 e. The van der Waals surface area contributed by atoms with Gasteiger partial charge in [-0.3, -0.25) is 14.3 Å². The Morgan fingerprint density at radius 1 is 1.12 bits per heavy atom. The number of fused-ring (bicyclic) bond motifs is 2. The van der Waals surface area contributed by atoms with Gasteiger partial charge in [0.05, 0.1) is 11.0 Å². The molecule has 24 heavy (non-hydrogen) atoms. The SMILES string of the molecule is Cc1cc2nc3c(=O)n(C4CCCCC4)c(=O)[nH]c3nc2cc1N. The molecule has 1 aliphatic carbocycles. The number of benzene rings is 1. The molecule has 0 radical (unpaired) electrons. The lowest BCUT2D eigenvalue weighted by molar-refractivity contribution is 0.337. The van der Waals surface area contributed by atoms with Crippen LogP contribution in [-0.2, 0) is 0 Å². The van der Waals surface area contributed by atoms with E-state index in [1.54, 1.807) is 6.07 Å². The molecule has 0 unspecified atom stereocenters. The Balaban J connectivity index is 2.00. The van der Waals surface area contributed by atoms with Gasteiger partial charge >= 0.3 is 5.69 Å². The van der Waals surface area contributed by atoms with Crippen LogP contribution in [0.5, 0.6) is 0 Å². The summed E-state index contributed by atoms with van der Waals surface area (Å²) in [5, 5.41) is 0. The van der Waals surface area contributed by atoms with Gasteiger partial charge in [0.1, 0.15) is 0 Å². The third kappa shape index (κ3) is 2.28. The second-order valence-corrected chi connectivity index (χ2v) is 6.52. The molecule has 0 atom stereocenters. The van der Waals surface area contributed by atoms with Crippen molar-refractivity contribution in [3.63, 3.8) is 0 Å². The van der Waals surface area contributed by atoms with Crippen molar-refractivity contribution < 1.29 is 0 Å². The molecular weight excluding hydrogens is 306 g/mol. The zero-order chi connectivity index (χ0) is 16.8. The highest BCUT2D eigenvalue weighted by Gasteiger charge is 2.21. The van der Waals surface area contributed by atoms with Crippen LogP contribution in [0.3, 0.4) is 0 Å². The van der Waals surface area contributed by atoms with Crippen molar-refractivity contribution in [2.24, 2.45) is 0 Å². The van der Waals surface area contributed by atoms with Crippen molar-refractivity contribution in [2.75, 3.05) is 5.73 Å². The van der Waals surface area contributed by atoms with E-state index in [4.69, 9.17) is 5.73 Å². The van der Waals surface area contributed by atoms with Gasteiger partial charge in [0.25, 0.3) is 5.56 Å². The summed E-state index contributed by atoms with van der Waals surface area (Å²) in [5.74, 6) is 0. The van der Waals surface area contributed by atoms with E-state index in [1.165, 1.54) is 4.57 Å². The minimum atomic E-state index is -0.409. The van der Waals surface area contributed by atoms with Crippen molar-refractivity contribution >= 4 is 27.9 Å². The summed E-state index contributed by atoms with van der Waals surface area (Å²) in [6, 6.07) is 3.47. The highest BCUT2D eigenvalue weighted by atomic mass is 16.2. The van der Waals surface area contributed by atoms with Crippen LogP contribution in [0.2, 0.25) is 0 Å². The van der Waals surface area contributed by atoms with Gasteiger partial charge in [-0.05, 0) is 37.5 Å². The first-order chi connectivity index (χ1) is 11.5. The second kappa shape index (κ2) is 5.43. The van der Waals surface area contributed by atoms with Gasteiger partial charge < -0.3 is 5.73 Å². The van der Waals surface area contributed by atoms with Crippen molar-refractivity contribution in [3.8, 4) is 0 Å². The zero-order valence-corrected chi connectivity index (χ0v) is 13.5. The van der Waals surface area contributed by atoms with Crippen LogP contribution < -0.4 is 17.0 Å². The van der Waals surface area contributed by atoms with Crippen molar-refractivity contribution in [1.82, 2.24) is 19.5 Å². The third-order valence-electron chi connectivity index (χ3n) is 4.86. The molecular formula is C17H19N5O2. The Kier molecular flexibility index (Phi) is 3.37. The normalized spacial score (nSPS) is 16.0. The Bertz CT molecular complexity index is 1060. The Labute approximate surface area is 137 Å². The molecule has 1 aromatic carbocycles. The first-order valence-corrected chi connectivity index (χ1v) is 8.27. The predicted molar refractivity (Wildman–Crippen MR) is 93.2 cm³/mol. The molecule has 7 heteroatoms. The fourth-order valence-corrected chi connectivity index (χ4v) is 3.50. The zero-order valence-electron chi connectivity index (χ0n) is 13.5. The molecule has 3 aromatic rings. The van der Waals surface area contributed by atoms with E-state index in [-0.39, 0.29) is 22.8 Å². The molecule has 0 saturated heterocycles. The number of anilines is 1. The first kappa shape index (κ1) is 14.9. The summed E-state index contributed by atoms with van der Waals surface area (Å²) in [6.45, 7) is 1.88. The number of hydrogen-bond donors (Lipinski definition) is 2. The van der Waals surface area contributed by atoms with Gasteiger partial charge in [-0.2, -0.15) is 0 Å². The lowest BCUT2D eigenvalue weighted by atomic mass is 9.95. The number of nitrogens with two attached hydrogens (primary N) is 1. The lowest BCUT2D eigenvalue weighted by Gasteiger charge is -2.22. The van der Waals surface area contributed by atoms with Gasteiger partial charge in [-0.25, -0.2) is 14.8 Å². The highest BCUT2D eigenvalue weighted by Crippen LogP contribution is 2.26. The summed E-state index contributed by atoms with van der Waals surface area (Å²) in [5.41, 5.74) is 8.22.